The summed E-state index contributed by atoms with van der Waals surface area (Å²) in [5.41, 5.74) is 11.7. The minimum atomic E-state index is -1.60. The number of aromatic amines is 1. The van der Waals surface area contributed by atoms with Gasteiger partial charge in [0, 0.05) is 19.0 Å². The molecule has 338 valence electrons. The second-order valence-corrected chi connectivity index (χ2v) is 16.6. The van der Waals surface area contributed by atoms with E-state index in [2.05, 4.69) is 41.9 Å². The number of nitrogens with zero attached hydrogens (tertiary/aromatic N) is 1. The SMILES string of the molecule is CC(C)CC(NC(=O)C(CCC(N)=O)NC(=O)C(NC(=O)C(CO)NC(=O)C(Cc1c[nH]cn1)NC(=O)C(N)C(C)C)C(C)C)C(=O)NC(CC1CCC(O)CC1)C(=O)O. The number of imidazole rings is 1. The molecule has 1 saturated carbocycles. The van der Waals surface area contributed by atoms with Gasteiger partial charge in [-0.05, 0) is 68.6 Å². The van der Waals surface area contributed by atoms with Crippen molar-refractivity contribution in [1.82, 2.24) is 41.9 Å². The number of aliphatic hydroxyl groups is 2. The van der Waals surface area contributed by atoms with Crippen LogP contribution in [-0.4, -0.2) is 128 Å². The molecule has 7 atom stereocenters. The summed E-state index contributed by atoms with van der Waals surface area (Å²) in [5, 5.41) is 45.0. The summed E-state index contributed by atoms with van der Waals surface area (Å²) in [7, 11) is 0. The van der Waals surface area contributed by atoms with E-state index in [1.54, 1.807) is 41.5 Å². The highest BCUT2D eigenvalue weighted by atomic mass is 16.4. The molecule has 0 spiro atoms. The predicted octanol–water partition coefficient (Wildman–Crippen LogP) is -2.17. The van der Waals surface area contributed by atoms with Gasteiger partial charge in [0.1, 0.15) is 36.3 Å². The van der Waals surface area contributed by atoms with E-state index in [0.29, 0.717) is 31.4 Å². The monoisotopic (exact) mass is 850 g/mol. The summed E-state index contributed by atoms with van der Waals surface area (Å²) in [6, 6.07) is -9.13. The Balaban J connectivity index is 2.23. The summed E-state index contributed by atoms with van der Waals surface area (Å²) < 4.78 is 0. The lowest BCUT2D eigenvalue weighted by molar-refractivity contribution is -0.143. The molecule has 14 N–H and O–H groups in total. The van der Waals surface area contributed by atoms with Crippen LogP contribution >= 0.6 is 0 Å². The van der Waals surface area contributed by atoms with E-state index in [-0.39, 0.29) is 49.9 Å². The Kier molecular flexibility index (Phi) is 21.1. The fourth-order valence-electron chi connectivity index (χ4n) is 6.65. The number of hydrogen-bond acceptors (Lipinski definition) is 12. The Morgan fingerprint density at radius 1 is 0.733 bits per heavy atom. The summed E-state index contributed by atoms with van der Waals surface area (Å²) in [6.45, 7) is 9.28. The Labute approximate surface area is 350 Å². The van der Waals surface area contributed by atoms with Gasteiger partial charge in [-0.3, -0.25) is 33.6 Å². The van der Waals surface area contributed by atoms with Gasteiger partial charge >= 0.3 is 5.97 Å². The van der Waals surface area contributed by atoms with Crippen molar-refractivity contribution in [2.75, 3.05) is 6.61 Å². The number of nitrogens with two attached hydrogens (primary N) is 2. The molecule has 1 heterocycles. The van der Waals surface area contributed by atoms with Gasteiger partial charge in [0.15, 0.2) is 0 Å². The van der Waals surface area contributed by atoms with E-state index in [1.165, 1.54) is 12.5 Å². The van der Waals surface area contributed by atoms with Crippen LogP contribution in [0.4, 0.5) is 0 Å². The molecule has 2 rings (SSSR count). The van der Waals surface area contributed by atoms with Crippen molar-refractivity contribution < 1.29 is 53.7 Å². The third-order valence-electron chi connectivity index (χ3n) is 10.3. The predicted molar refractivity (Wildman–Crippen MR) is 217 cm³/mol. The molecule has 0 bridgehead atoms. The number of amides is 7. The lowest BCUT2D eigenvalue weighted by Crippen LogP contribution is -2.61. The Bertz CT molecular complexity index is 1600. The van der Waals surface area contributed by atoms with Crippen LogP contribution in [-0.2, 0) is 44.8 Å². The van der Waals surface area contributed by atoms with Crippen LogP contribution in [0.3, 0.4) is 0 Å². The molecule has 1 aromatic rings. The number of aromatic nitrogens is 2. The molecule has 0 radical (unpaired) electrons. The second kappa shape index (κ2) is 24.8. The first-order valence-electron chi connectivity index (χ1n) is 20.5. The highest BCUT2D eigenvalue weighted by molar-refractivity contribution is 5.97. The van der Waals surface area contributed by atoms with E-state index in [9.17, 15) is 53.7 Å². The van der Waals surface area contributed by atoms with Crippen molar-refractivity contribution in [1.29, 1.82) is 0 Å². The normalized spacial score (nSPS) is 18.9. The molecular formula is C39H66N10O11. The number of carbonyl (C=O) groups is 8. The Morgan fingerprint density at radius 3 is 1.78 bits per heavy atom. The maximum atomic E-state index is 13.8. The lowest BCUT2D eigenvalue weighted by atomic mass is 9.83. The second-order valence-electron chi connectivity index (χ2n) is 16.6. The van der Waals surface area contributed by atoms with Crippen molar-refractivity contribution in [2.24, 2.45) is 35.1 Å². The van der Waals surface area contributed by atoms with E-state index in [1.807, 2.05) is 0 Å². The van der Waals surface area contributed by atoms with Crippen LogP contribution in [0.25, 0.3) is 0 Å². The summed E-state index contributed by atoms with van der Waals surface area (Å²) in [5.74, 6) is -8.12. The molecule has 7 unspecified atom stereocenters. The summed E-state index contributed by atoms with van der Waals surface area (Å²) in [6.07, 6.45) is 4.16. The number of primary amides is 1. The van der Waals surface area contributed by atoms with E-state index >= 15 is 0 Å². The number of H-pyrrole nitrogens is 1. The third kappa shape index (κ3) is 17.2. The van der Waals surface area contributed by atoms with Gasteiger partial charge in [-0.2, -0.15) is 0 Å². The summed E-state index contributed by atoms with van der Waals surface area (Å²) in [4.78, 5) is 112. The molecule has 1 aliphatic carbocycles. The van der Waals surface area contributed by atoms with Gasteiger partial charge in [-0.15, -0.1) is 0 Å². The van der Waals surface area contributed by atoms with E-state index in [0.717, 1.165) is 0 Å². The first-order chi connectivity index (χ1) is 28.1. The number of rotatable bonds is 25. The van der Waals surface area contributed by atoms with Crippen LogP contribution < -0.4 is 43.4 Å². The smallest absolute Gasteiger partial charge is 0.326 e. The largest absolute Gasteiger partial charge is 0.480 e. The van der Waals surface area contributed by atoms with E-state index < -0.39 is 108 Å². The zero-order valence-electron chi connectivity index (χ0n) is 35.4. The zero-order chi connectivity index (χ0) is 45.3. The number of carbonyl (C=O) groups excluding carboxylic acids is 7. The number of carboxylic acids is 1. The number of aliphatic hydroxyl groups excluding tert-OH is 2. The van der Waals surface area contributed by atoms with E-state index in [4.69, 9.17) is 11.5 Å². The highest BCUT2D eigenvalue weighted by Gasteiger charge is 2.36. The fourth-order valence-corrected chi connectivity index (χ4v) is 6.65. The van der Waals surface area contributed by atoms with Gasteiger partial charge in [-0.1, -0.05) is 41.5 Å². The van der Waals surface area contributed by atoms with Crippen LogP contribution in [0.15, 0.2) is 12.5 Å². The zero-order valence-corrected chi connectivity index (χ0v) is 35.4. The average molecular weight is 851 g/mol. The first-order valence-corrected chi connectivity index (χ1v) is 20.5. The molecule has 0 aliphatic heterocycles. The third-order valence-corrected chi connectivity index (χ3v) is 10.3. The Hall–Kier alpha value is -5.15. The first kappa shape index (κ1) is 51.0. The molecule has 7 amide bonds. The highest BCUT2D eigenvalue weighted by Crippen LogP contribution is 2.28. The van der Waals surface area contributed by atoms with Crippen molar-refractivity contribution >= 4 is 47.3 Å². The molecule has 21 heteroatoms. The Morgan fingerprint density at radius 2 is 1.27 bits per heavy atom. The van der Waals surface area contributed by atoms with Crippen LogP contribution in [0.1, 0.15) is 98.6 Å². The summed E-state index contributed by atoms with van der Waals surface area (Å²) >= 11 is 0. The van der Waals surface area contributed by atoms with Crippen LogP contribution in [0.5, 0.6) is 0 Å². The van der Waals surface area contributed by atoms with Gasteiger partial charge in [-0.25, -0.2) is 9.78 Å². The lowest BCUT2D eigenvalue weighted by Gasteiger charge is -2.30. The van der Waals surface area contributed by atoms with Crippen LogP contribution in [0, 0.1) is 23.7 Å². The molecule has 1 aliphatic rings. The standard InChI is InChI=1S/C39H66N10O11/c1-19(2)13-26(34(54)47-28(39(59)60)14-22-7-9-24(51)10-8-22)45-33(53)25(11-12-30(40)52)44-38(58)32(21(5)6)49-36(56)29(17-50)48-35(55)27(15-23-16-42-18-43-23)46-37(57)31(41)20(3)4/h16,18-22,24-29,31-32,50-51H,7-15,17,41H2,1-6H3,(H2,40,52)(H,42,43)(H,44,58)(H,45,53)(H,46,57)(H,47,54)(H,48,55)(H,49,56)(H,59,60). The average Bonchev–Trinajstić information content (AvgIpc) is 3.69. The minimum Gasteiger partial charge on any atom is -0.480 e. The molecular weight excluding hydrogens is 784 g/mol. The van der Waals surface area contributed by atoms with Crippen LogP contribution in [0.2, 0.25) is 0 Å². The topological polar surface area (TPSA) is 350 Å². The van der Waals surface area contributed by atoms with Gasteiger partial charge in [0.05, 0.1) is 30.8 Å². The molecule has 1 fully saturated rings. The van der Waals surface area contributed by atoms with Gasteiger partial charge < -0.3 is 63.7 Å². The van der Waals surface area contributed by atoms with Gasteiger partial charge in [0.25, 0.3) is 0 Å². The quantitative estimate of drug-likeness (QED) is 0.0499. The molecule has 21 nitrogen and oxygen atoms in total. The van der Waals surface area contributed by atoms with Crippen molar-refractivity contribution in [3.05, 3.63) is 18.2 Å². The van der Waals surface area contributed by atoms with Crippen molar-refractivity contribution in [3.8, 4) is 0 Å². The van der Waals surface area contributed by atoms with Crippen molar-refractivity contribution in [2.45, 2.75) is 148 Å². The molecule has 1 aromatic heterocycles. The number of carboxylic acid groups (broad SMARTS) is 1. The number of hydrogen-bond donors (Lipinski definition) is 12. The number of nitrogens with one attached hydrogen (secondary N) is 7. The minimum absolute atomic E-state index is 0.0364. The fraction of sp³-hybridized carbons (Fsp3) is 0.718. The van der Waals surface area contributed by atoms with Crippen molar-refractivity contribution in [3.63, 3.8) is 0 Å². The van der Waals surface area contributed by atoms with Gasteiger partial charge in [0.2, 0.25) is 41.4 Å². The maximum Gasteiger partial charge on any atom is 0.326 e. The maximum absolute atomic E-state index is 13.8. The molecule has 60 heavy (non-hydrogen) atoms. The molecule has 0 aromatic carbocycles. The number of aliphatic carboxylic acids is 1. The molecule has 0 saturated heterocycles.